The van der Waals surface area contributed by atoms with Gasteiger partial charge in [-0.2, -0.15) is 0 Å². The Labute approximate surface area is 120 Å². The minimum Gasteiger partial charge on any atom is -0.313 e. The highest BCUT2D eigenvalue weighted by atomic mass is 32.2. The van der Waals surface area contributed by atoms with Crippen molar-refractivity contribution < 1.29 is 12.8 Å². The second-order valence-electron chi connectivity index (χ2n) is 5.82. The lowest BCUT2D eigenvalue weighted by atomic mass is 9.91. The van der Waals surface area contributed by atoms with Crippen LogP contribution in [-0.2, 0) is 9.84 Å². The normalized spacial score (nSPS) is 22.9. The number of aryl methyl sites for hydroxylation is 2. The first-order chi connectivity index (χ1) is 9.32. The predicted molar refractivity (Wildman–Crippen MR) is 79.1 cm³/mol. The number of hydrogen-bond acceptors (Lipinski definition) is 3. The lowest BCUT2D eigenvalue weighted by Crippen LogP contribution is -2.22. The molecule has 0 bridgehead atoms. The van der Waals surface area contributed by atoms with Gasteiger partial charge in [0.25, 0.3) is 0 Å². The van der Waals surface area contributed by atoms with Crippen molar-refractivity contribution in [2.24, 2.45) is 5.92 Å². The van der Waals surface area contributed by atoms with Gasteiger partial charge in [-0.25, -0.2) is 12.8 Å². The molecule has 3 nitrogen and oxygen atoms in total. The summed E-state index contributed by atoms with van der Waals surface area (Å²) in [6.45, 7) is 3.78. The van der Waals surface area contributed by atoms with E-state index in [-0.39, 0.29) is 29.3 Å². The average Bonchev–Trinajstić information content (AvgIpc) is 2.66. The summed E-state index contributed by atoms with van der Waals surface area (Å²) >= 11 is 0. The molecule has 0 spiro atoms. The van der Waals surface area contributed by atoms with Crippen LogP contribution in [0.15, 0.2) is 12.1 Å². The molecule has 1 heterocycles. The van der Waals surface area contributed by atoms with E-state index < -0.39 is 9.84 Å². The van der Waals surface area contributed by atoms with Crippen molar-refractivity contribution in [3.05, 3.63) is 34.6 Å². The van der Waals surface area contributed by atoms with Gasteiger partial charge in [0.2, 0.25) is 0 Å². The monoisotopic (exact) mass is 299 g/mol. The zero-order chi connectivity index (χ0) is 14.9. The molecule has 1 N–H and O–H groups in total. The Morgan fingerprint density at radius 3 is 2.60 bits per heavy atom. The zero-order valence-electron chi connectivity index (χ0n) is 12.2. The molecule has 5 heteroatoms. The topological polar surface area (TPSA) is 46.2 Å². The third-order valence-corrected chi connectivity index (χ3v) is 5.91. The maximum Gasteiger partial charge on any atom is 0.150 e. The minimum absolute atomic E-state index is 0.123. The number of nitrogens with one attached hydrogen (secondary N) is 1. The van der Waals surface area contributed by atoms with Crippen LogP contribution in [0.25, 0.3) is 0 Å². The molecule has 0 saturated carbocycles. The summed E-state index contributed by atoms with van der Waals surface area (Å²) in [5, 5.41) is 3.14. The van der Waals surface area contributed by atoms with Crippen LogP contribution in [0.2, 0.25) is 0 Å². The first-order valence-electron chi connectivity index (χ1n) is 6.96. The van der Waals surface area contributed by atoms with Gasteiger partial charge in [0.1, 0.15) is 5.82 Å². The fraction of sp³-hybridized carbons (Fsp3) is 0.600. The van der Waals surface area contributed by atoms with Gasteiger partial charge in [0.05, 0.1) is 11.5 Å². The van der Waals surface area contributed by atoms with Crippen molar-refractivity contribution in [2.45, 2.75) is 32.7 Å². The maximum atomic E-state index is 14.2. The molecule has 2 rings (SSSR count). The average molecular weight is 299 g/mol. The third kappa shape index (κ3) is 3.38. The largest absolute Gasteiger partial charge is 0.313 e. The van der Waals surface area contributed by atoms with Gasteiger partial charge in [-0.05, 0) is 56.8 Å². The van der Waals surface area contributed by atoms with Gasteiger partial charge in [-0.15, -0.1) is 0 Å². The van der Waals surface area contributed by atoms with E-state index in [1.807, 2.05) is 19.9 Å². The summed E-state index contributed by atoms with van der Waals surface area (Å²) < 4.78 is 37.3. The van der Waals surface area contributed by atoms with E-state index in [0.717, 1.165) is 11.1 Å². The molecule has 0 radical (unpaired) electrons. The van der Waals surface area contributed by atoms with Crippen LogP contribution in [-0.4, -0.2) is 27.0 Å². The molecule has 1 aliphatic rings. The second kappa shape index (κ2) is 5.82. The number of sulfone groups is 1. The number of hydrogen-bond donors (Lipinski definition) is 1. The Bertz CT molecular complexity index is 575. The Morgan fingerprint density at radius 2 is 2.10 bits per heavy atom. The van der Waals surface area contributed by atoms with E-state index in [1.165, 1.54) is 6.07 Å². The minimum atomic E-state index is -2.88. The molecule has 1 aromatic carbocycles. The second-order valence-corrected chi connectivity index (χ2v) is 8.05. The number of benzene rings is 1. The molecular formula is C15H22FNO2S. The molecule has 1 fully saturated rings. The highest BCUT2D eigenvalue weighted by Gasteiger charge is 2.30. The van der Waals surface area contributed by atoms with Crippen LogP contribution in [0, 0.1) is 25.6 Å². The highest BCUT2D eigenvalue weighted by molar-refractivity contribution is 7.91. The smallest absolute Gasteiger partial charge is 0.150 e. The molecule has 1 aromatic rings. The summed E-state index contributed by atoms with van der Waals surface area (Å²) in [6.07, 6.45) is 1.35. The van der Waals surface area contributed by atoms with Gasteiger partial charge in [0.15, 0.2) is 9.84 Å². The molecule has 0 amide bonds. The van der Waals surface area contributed by atoms with Crippen molar-refractivity contribution in [3.8, 4) is 0 Å². The molecule has 0 aromatic heterocycles. The number of halogens is 1. The fourth-order valence-electron chi connectivity index (χ4n) is 3.14. The van der Waals surface area contributed by atoms with Gasteiger partial charge in [0, 0.05) is 11.6 Å². The predicted octanol–water partition coefficient (Wildman–Crippen LogP) is 2.53. The van der Waals surface area contributed by atoms with Crippen molar-refractivity contribution in [1.29, 1.82) is 0 Å². The molecule has 1 aliphatic heterocycles. The van der Waals surface area contributed by atoms with E-state index in [4.69, 9.17) is 0 Å². The van der Waals surface area contributed by atoms with E-state index in [1.54, 1.807) is 7.05 Å². The summed E-state index contributed by atoms with van der Waals surface area (Å²) in [5.41, 5.74) is 2.49. The Morgan fingerprint density at radius 1 is 1.40 bits per heavy atom. The zero-order valence-corrected chi connectivity index (χ0v) is 13.1. The van der Waals surface area contributed by atoms with E-state index in [2.05, 4.69) is 5.32 Å². The number of rotatable bonds is 4. The maximum absolute atomic E-state index is 14.2. The summed E-state index contributed by atoms with van der Waals surface area (Å²) in [6, 6.07) is 3.38. The summed E-state index contributed by atoms with van der Waals surface area (Å²) in [5.74, 6) is 0.418. The molecule has 0 aliphatic carbocycles. The summed E-state index contributed by atoms with van der Waals surface area (Å²) in [4.78, 5) is 0. The van der Waals surface area contributed by atoms with E-state index >= 15 is 0 Å². The van der Waals surface area contributed by atoms with Crippen LogP contribution < -0.4 is 5.32 Å². The molecule has 112 valence electrons. The van der Waals surface area contributed by atoms with Crippen molar-refractivity contribution in [3.63, 3.8) is 0 Å². The van der Waals surface area contributed by atoms with Crippen LogP contribution in [0.1, 0.15) is 35.6 Å². The third-order valence-electron chi connectivity index (χ3n) is 4.07. The molecular weight excluding hydrogens is 277 g/mol. The summed E-state index contributed by atoms with van der Waals surface area (Å²) in [7, 11) is -1.08. The lowest BCUT2D eigenvalue weighted by Gasteiger charge is -2.22. The molecule has 20 heavy (non-hydrogen) atoms. The van der Waals surface area contributed by atoms with Gasteiger partial charge in [-0.3, -0.25) is 0 Å². The van der Waals surface area contributed by atoms with Crippen LogP contribution in [0.5, 0.6) is 0 Å². The van der Waals surface area contributed by atoms with Crippen LogP contribution >= 0.6 is 0 Å². The lowest BCUT2D eigenvalue weighted by molar-refractivity contribution is 0.422. The Hall–Kier alpha value is -0.940. The quantitative estimate of drug-likeness (QED) is 0.929. The molecule has 2 unspecified atom stereocenters. The van der Waals surface area contributed by atoms with E-state index in [9.17, 15) is 12.8 Å². The fourth-order valence-corrected chi connectivity index (χ4v) is 5.02. The van der Waals surface area contributed by atoms with Crippen molar-refractivity contribution >= 4 is 9.84 Å². The highest BCUT2D eigenvalue weighted by Crippen LogP contribution is 2.31. The first kappa shape index (κ1) is 15.4. The standard InChI is InChI=1S/C15H22FNO2S/c1-10-6-11(2)15(13(16)7-10)14(17-3)8-12-4-5-20(18,19)9-12/h6-7,12,14,17H,4-5,8-9H2,1-3H3. The van der Waals surface area contributed by atoms with Crippen LogP contribution in [0.3, 0.4) is 0 Å². The Kier molecular flexibility index (Phi) is 4.49. The first-order valence-corrected chi connectivity index (χ1v) is 8.79. The molecule has 1 saturated heterocycles. The van der Waals surface area contributed by atoms with Crippen LogP contribution in [0.4, 0.5) is 4.39 Å². The molecule has 2 atom stereocenters. The van der Waals surface area contributed by atoms with Crippen molar-refractivity contribution in [1.82, 2.24) is 5.32 Å². The van der Waals surface area contributed by atoms with Crippen molar-refractivity contribution in [2.75, 3.05) is 18.6 Å². The van der Waals surface area contributed by atoms with Gasteiger partial charge < -0.3 is 5.32 Å². The SMILES string of the molecule is CNC(CC1CCS(=O)(=O)C1)c1c(C)cc(C)cc1F. The Balaban J connectivity index is 2.21. The van der Waals surface area contributed by atoms with Gasteiger partial charge in [-0.1, -0.05) is 6.07 Å². The van der Waals surface area contributed by atoms with Gasteiger partial charge >= 0.3 is 0 Å². The van der Waals surface area contributed by atoms with E-state index in [0.29, 0.717) is 18.4 Å².